The number of rotatable bonds is 5. The lowest BCUT2D eigenvalue weighted by Gasteiger charge is -2.15. The first-order chi connectivity index (χ1) is 8.54. The molecule has 18 heavy (non-hydrogen) atoms. The van der Waals surface area contributed by atoms with Gasteiger partial charge in [0.25, 0.3) is 0 Å². The van der Waals surface area contributed by atoms with Gasteiger partial charge in [-0.3, -0.25) is 5.10 Å². The highest BCUT2D eigenvalue weighted by Crippen LogP contribution is 2.24. The number of nitrogens with zero attached hydrogens (tertiary/aromatic N) is 1. The minimum absolute atomic E-state index is 0.190. The third-order valence-electron chi connectivity index (χ3n) is 2.67. The molecular weight excluding hydrogens is 270 g/mol. The average molecular weight is 285 g/mol. The molecule has 2 aromatic heterocycles. The molecule has 7 heteroatoms. The summed E-state index contributed by atoms with van der Waals surface area (Å²) in [4.78, 5) is 1.22. The van der Waals surface area contributed by atoms with Crippen LogP contribution in [0.3, 0.4) is 0 Å². The van der Waals surface area contributed by atoms with E-state index >= 15 is 0 Å². The molecule has 2 rings (SSSR count). The second kappa shape index (κ2) is 5.21. The van der Waals surface area contributed by atoms with Gasteiger partial charge in [-0.25, -0.2) is 13.1 Å². The van der Waals surface area contributed by atoms with Crippen molar-refractivity contribution in [1.82, 2.24) is 14.9 Å². The molecule has 1 atom stereocenters. The van der Waals surface area contributed by atoms with E-state index in [1.165, 1.54) is 6.20 Å². The second-order valence-electron chi connectivity index (χ2n) is 3.96. The summed E-state index contributed by atoms with van der Waals surface area (Å²) in [6.07, 6.45) is 2.04. The van der Waals surface area contributed by atoms with Crippen molar-refractivity contribution in [2.24, 2.45) is 0 Å². The summed E-state index contributed by atoms with van der Waals surface area (Å²) in [7, 11) is -3.52. The summed E-state index contributed by atoms with van der Waals surface area (Å²) in [5.74, 6) is 0. The van der Waals surface area contributed by atoms with Crippen molar-refractivity contribution in [2.45, 2.75) is 31.2 Å². The predicted octanol–water partition coefficient (Wildman–Crippen LogP) is 2.21. The molecule has 0 saturated carbocycles. The topological polar surface area (TPSA) is 74.8 Å². The van der Waals surface area contributed by atoms with Crippen LogP contribution in [0.25, 0.3) is 0 Å². The lowest BCUT2D eigenvalue weighted by Crippen LogP contribution is -2.28. The van der Waals surface area contributed by atoms with Gasteiger partial charge >= 0.3 is 0 Å². The number of sulfonamides is 1. The van der Waals surface area contributed by atoms with E-state index in [-0.39, 0.29) is 10.9 Å². The van der Waals surface area contributed by atoms with E-state index in [0.717, 1.165) is 4.88 Å². The Morgan fingerprint density at radius 3 is 2.83 bits per heavy atom. The van der Waals surface area contributed by atoms with Crippen LogP contribution in [-0.4, -0.2) is 18.6 Å². The Morgan fingerprint density at radius 2 is 2.33 bits per heavy atom. The summed E-state index contributed by atoms with van der Waals surface area (Å²) < 4.78 is 27.1. The van der Waals surface area contributed by atoms with Gasteiger partial charge in [0, 0.05) is 4.88 Å². The number of H-pyrrole nitrogens is 1. The number of aryl methyl sites for hydroxylation is 1. The van der Waals surface area contributed by atoms with E-state index in [1.807, 2.05) is 24.4 Å². The fourth-order valence-corrected chi connectivity index (χ4v) is 4.06. The van der Waals surface area contributed by atoms with Gasteiger partial charge in [0.05, 0.1) is 17.9 Å². The van der Waals surface area contributed by atoms with E-state index in [2.05, 4.69) is 14.9 Å². The Bertz CT molecular complexity index is 602. The number of hydrogen-bond donors (Lipinski definition) is 2. The molecular formula is C11H15N3O2S2. The van der Waals surface area contributed by atoms with Gasteiger partial charge in [0.1, 0.15) is 4.90 Å². The molecule has 2 aromatic rings. The van der Waals surface area contributed by atoms with Crippen molar-refractivity contribution in [3.05, 3.63) is 34.3 Å². The Labute approximate surface area is 110 Å². The third kappa shape index (κ3) is 2.63. The van der Waals surface area contributed by atoms with Crippen LogP contribution in [0.2, 0.25) is 0 Å². The first-order valence-electron chi connectivity index (χ1n) is 5.60. The minimum atomic E-state index is -3.52. The highest BCUT2D eigenvalue weighted by atomic mass is 32.2. The summed E-state index contributed by atoms with van der Waals surface area (Å²) in [6.45, 7) is 3.64. The lowest BCUT2D eigenvalue weighted by molar-refractivity contribution is 0.552. The molecule has 0 aliphatic heterocycles. The van der Waals surface area contributed by atoms with Gasteiger partial charge in [-0.1, -0.05) is 13.0 Å². The zero-order valence-corrected chi connectivity index (χ0v) is 11.8. The normalized spacial score (nSPS) is 13.7. The van der Waals surface area contributed by atoms with Crippen LogP contribution >= 0.6 is 11.3 Å². The van der Waals surface area contributed by atoms with Crippen molar-refractivity contribution in [3.8, 4) is 0 Å². The van der Waals surface area contributed by atoms with E-state index in [9.17, 15) is 8.42 Å². The maximum atomic E-state index is 12.2. The first-order valence-corrected chi connectivity index (χ1v) is 7.96. The zero-order chi connectivity index (χ0) is 13.2. The van der Waals surface area contributed by atoms with E-state index in [4.69, 9.17) is 0 Å². The molecule has 0 fully saturated rings. The number of hydrogen-bond acceptors (Lipinski definition) is 4. The Balaban J connectivity index is 2.25. The van der Waals surface area contributed by atoms with Crippen LogP contribution in [-0.2, 0) is 10.0 Å². The van der Waals surface area contributed by atoms with E-state index in [0.29, 0.717) is 12.1 Å². The number of thiophene rings is 1. The molecule has 0 aliphatic rings. The molecule has 0 radical (unpaired) electrons. The van der Waals surface area contributed by atoms with E-state index < -0.39 is 10.0 Å². The number of aromatic nitrogens is 2. The summed E-state index contributed by atoms with van der Waals surface area (Å²) in [6, 6.07) is 3.66. The SMILES string of the molecule is CCC(NS(=O)(=O)c1cn[nH]c1C)c1cccs1. The van der Waals surface area contributed by atoms with Crippen molar-refractivity contribution in [3.63, 3.8) is 0 Å². The van der Waals surface area contributed by atoms with Crippen LogP contribution in [0.1, 0.15) is 30.0 Å². The standard InChI is InChI=1S/C11H15N3O2S2/c1-3-9(10-5-4-6-17-10)14-18(15,16)11-7-12-13-8(11)2/h4-7,9,14H,3H2,1-2H3,(H,12,13). The average Bonchev–Trinajstić information content (AvgIpc) is 2.96. The molecule has 0 bridgehead atoms. The summed E-state index contributed by atoms with van der Waals surface area (Å²) >= 11 is 1.55. The van der Waals surface area contributed by atoms with Crippen LogP contribution in [0.15, 0.2) is 28.6 Å². The molecule has 1 unspecified atom stereocenters. The van der Waals surface area contributed by atoms with Gasteiger partial charge in [-0.2, -0.15) is 5.10 Å². The molecule has 0 aliphatic carbocycles. The highest BCUT2D eigenvalue weighted by molar-refractivity contribution is 7.89. The van der Waals surface area contributed by atoms with Gasteiger partial charge in [0.15, 0.2) is 0 Å². The molecule has 2 heterocycles. The Morgan fingerprint density at radius 1 is 1.56 bits per heavy atom. The van der Waals surface area contributed by atoms with Crippen LogP contribution in [0.4, 0.5) is 0 Å². The summed E-state index contributed by atoms with van der Waals surface area (Å²) in [5, 5.41) is 8.32. The molecule has 98 valence electrons. The fourth-order valence-electron chi connectivity index (χ4n) is 1.69. The smallest absolute Gasteiger partial charge is 0.244 e. The quantitative estimate of drug-likeness (QED) is 0.884. The largest absolute Gasteiger partial charge is 0.281 e. The third-order valence-corrected chi connectivity index (χ3v) is 5.24. The number of nitrogens with one attached hydrogen (secondary N) is 2. The maximum Gasteiger partial charge on any atom is 0.244 e. The molecule has 0 aromatic carbocycles. The highest BCUT2D eigenvalue weighted by Gasteiger charge is 2.23. The van der Waals surface area contributed by atoms with Crippen LogP contribution in [0, 0.1) is 6.92 Å². The first kappa shape index (κ1) is 13.3. The Kier molecular flexibility index (Phi) is 3.84. The monoisotopic (exact) mass is 285 g/mol. The van der Waals surface area contributed by atoms with Gasteiger partial charge in [0.2, 0.25) is 10.0 Å². The lowest BCUT2D eigenvalue weighted by atomic mass is 10.2. The number of aromatic amines is 1. The van der Waals surface area contributed by atoms with Crippen molar-refractivity contribution in [2.75, 3.05) is 0 Å². The summed E-state index contributed by atoms with van der Waals surface area (Å²) in [5.41, 5.74) is 0.545. The van der Waals surface area contributed by atoms with Gasteiger partial charge in [-0.05, 0) is 24.8 Å². The van der Waals surface area contributed by atoms with Crippen molar-refractivity contribution < 1.29 is 8.42 Å². The van der Waals surface area contributed by atoms with Crippen molar-refractivity contribution >= 4 is 21.4 Å². The fraction of sp³-hybridized carbons (Fsp3) is 0.364. The van der Waals surface area contributed by atoms with Crippen LogP contribution < -0.4 is 4.72 Å². The van der Waals surface area contributed by atoms with Crippen molar-refractivity contribution in [1.29, 1.82) is 0 Å². The molecule has 0 spiro atoms. The molecule has 0 amide bonds. The minimum Gasteiger partial charge on any atom is -0.281 e. The Hall–Kier alpha value is -1.18. The van der Waals surface area contributed by atoms with Gasteiger partial charge < -0.3 is 0 Å². The molecule has 5 nitrogen and oxygen atoms in total. The predicted molar refractivity (Wildman–Crippen MR) is 71.0 cm³/mol. The van der Waals surface area contributed by atoms with Gasteiger partial charge in [-0.15, -0.1) is 11.3 Å². The molecule has 0 saturated heterocycles. The maximum absolute atomic E-state index is 12.2. The van der Waals surface area contributed by atoms with Crippen LogP contribution in [0.5, 0.6) is 0 Å². The second-order valence-corrected chi connectivity index (χ2v) is 6.62. The zero-order valence-electron chi connectivity index (χ0n) is 10.2. The van der Waals surface area contributed by atoms with E-state index in [1.54, 1.807) is 18.3 Å². The molecule has 2 N–H and O–H groups in total.